The van der Waals surface area contributed by atoms with Crippen LogP contribution in [-0.4, -0.2) is 9.97 Å². The van der Waals surface area contributed by atoms with Crippen molar-refractivity contribution < 1.29 is 0 Å². The first-order chi connectivity index (χ1) is 31.2. The normalized spacial score (nSPS) is 13.9. The van der Waals surface area contributed by atoms with E-state index in [0.717, 1.165) is 33.6 Å². The third-order valence-corrected chi connectivity index (χ3v) is 14.1. The average Bonchev–Trinajstić information content (AvgIpc) is 3.71. The number of hydrogen-bond donors (Lipinski definition) is 0. The second-order valence-corrected chi connectivity index (χ2v) is 18.6. The van der Waals surface area contributed by atoms with Crippen LogP contribution in [0.25, 0.3) is 100 Å². The van der Waals surface area contributed by atoms with E-state index in [9.17, 15) is 0 Å². The smallest absolute Gasteiger partial charge is 0.160 e. The van der Waals surface area contributed by atoms with Gasteiger partial charge >= 0.3 is 0 Å². The van der Waals surface area contributed by atoms with Crippen molar-refractivity contribution in [3.63, 3.8) is 0 Å². The lowest BCUT2D eigenvalue weighted by Gasteiger charge is -2.23. The highest BCUT2D eigenvalue weighted by atomic mass is 14.9. The molecule has 2 aliphatic rings. The molecule has 0 saturated heterocycles. The molecule has 0 spiro atoms. The van der Waals surface area contributed by atoms with E-state index in [2.05, 4.69) is 228 Å². The Labute approximate surface area is 375 Å². The summed E-state index contributed by atoms with van der Waals surface area (Å²) >= 11 is 0. The molecule has 0 unspecified atom stereocenters. The van der Waals surface area contributed by atoms with Gasteiger partial charge in [0.1, 0.15) is 0 Å². The van der Waals surface area contributed by atoms with Crippen molar-refractivity contribution in [2.24, 2.45) is 0 Å². The Morgan fingerprint density at radius 1 is 0.281 bits per heavy atom. The summed E-state index contributed by atoms with van der Waals surface area (Å²) < 4.78 is 0. The molecule has 2 nitrogen and oxygen atoms in total. The van der Waals surface area contributed by atoms with Gasteiger partial charge < -0.3 is 0 Å². The molecule has 0 fully saturated rings. The Morgan fingerprint density at radius 2 is 0.797 bits per heavy atom. The number of nitrogens with zero attached hydrogens (tertiary/aromatic N) is 2. The predicted octanol–water partition coefficient (Wildman–Crippen LogP) is 16.2. The summed E-state index contributed by atoms with van der Waals surface area (Å²) in [5.74, 6) is 0.705. The van der Waals surface area contributed by atoms with Crippen molar-refractivity contribution >= 4 is 10.8 Å². The first kappa shape index (κ1) is 38.0. The third kappa shape index (κ3) is 6.01. The van der Waals surface area contributed by atoms with Crippen LogP contribution in [0.1, 0.15) is 49.9 Å². The topological polar surface area (TPSA) is 25.8 Å². The summed E-state index contributed by atoms with van der Waals surface area (Å²) in [6, 6.07) is 75.3. The number of aromatic nitrogens is 2. The summed E-state index contributed by atoms with van der Waals surface area (Å²) in [5.41, 5.74) is 22.6. The molecule has 0 atom stereocenters. The SMILES string of the molecule is CC1(C)c2cc(-c3ccccc3)ccc2-c2ccc(-c3ccccc3-c3cc(-c4cccc(-c5cccc6c5-c5cc7ccccc7cc5C6(C)C)c4)nc(-c4ccccc4)n3)cc21. The number of fused-ring (bicyclic) bond motifs is 7. The number of benzene rings is 9. The van der Waals surface area contributed by atoms with E-state index in [-0.39, 0.29) is 10.8 Å². The van der Waals surface area contributed by atoms with Gasteiger partial charge in [-0.3, -0.25) is 0 Å². The Bertz CT molecular complexity index is 3490. The quantitative estimate of drug-likeness (QED) is 0.167. The zero-order valence-electron chi connectivity index (χ0n) is 36.5. The Balaban J connectivity index is 0.973. The summed E-state index contributed by atoms with van der Waals surface area (Å²) in [5, 5.41) is 2.55. The molecule has 64 heavy (non-hydrogen) atoms. The maximum atomic E-state index is 5.34. The predicted molar refractivity (Wildman–Crippen MR) is 267 cm³/mol. The minimum Gasteiger partial charge on any atom is -0.228 e. The van der Waals surface area contributed by atoms with Crippen molar-refractivity contribution in [3.05, 3.63) is 229 Å². The molecule has 2 heteroatoms. The fraction of sp³-hybridized carbons (Fsp3) is 0.0968. The molecular weight excluding hydrogens is 773 g/mol. The molecule has 0 amide bonds. The van der Waals surface area contributed by atoms with Gasteiger partial charge in [-0.2, -0.15) is 0 Å². The van der Waals surface area contributed by atoms with E-state index in [1.165, 1.54) is 83.1 Å². The molecule has 304 valence electrons. The molecule has 0 N–H and O–H groups in total. The van der Waals surface area contributed by atoms with Gasteiger partial charge in [0.15, 0.2) is 5.82 Å². The van der Waals surface area contributed by atoms with Gasteiger partial charge in [-0.05, 0) is 125 Å². The molecule has 10 aromatic rings. The maximum absolute atomic E-state index is 5.34. The fourth-order valence-corrected chi connectivity index (χ4v) is 10.7. The molecule has 9 aromatic carbocycles. The van der Waals surface area contributed by atoms with E-state index in [1.807, 2.05) is 6.07 Å². The van der Waals surface area contributed by atoms with Crippen molar-refractivity contribution in [2.45, 2.75) is 38.5 Å². The fourth-order valence-electron chi connectivity index (χ4n) is 10.7. The molecular formula is C62H46N2. The molecule has 12 rings (SSSR count). The largest absolute Gasteiger partial charge is 0.228 e. The standard InChI is InChI=1S/C62H46N2/c1-61(2)53-28-16-27-48(59(53)52-34-41-21-11-12-22-42(41)35-56(52)61)44-23-15-24-46(33-44)57-38-58(64-60(63-57)40-19-9-6-10-20-40)51-26-14-13-25-47(51)45-30-32-50-49-31-29-43(39-17-7-5-8-18-39)36-54(49)62(3,4)55(50)37-45/h5-38H,1-4H3. The van der Waals surface area contributed by atoms with Crippen LogP contribution in [0, 0.1) is 0 Å². The van der Waals surface area contributed by atoms with Crippen LogP contribution >= 0.6 is 0 Å². The lowest BCUT2D eigenvalue weighted by Crippen LogP contribution is -2.15. The van der Waals surface area contributed by atoms with Gasteiger partial charge in [-0.15, -0.1) is 0 Å². The summed E-state index contributed by atoms with van der Waals surface area (Å²) in [4.78, 5) is 10.6. The van der Waals surface area contributed by atoms with E-state index in [4.69, 9.17) is 9.97 Å². The lowest BCUT2D eigenvalue weighted by atomic mass is 9.80. The van der Waals surface area contributed by atoms with Crippen LogP contribution in [0.15, 0.2) is 206 Å². The monoisotopic (exact) mass is 818 g/mol. The van der Waals surface area contributed by atoms with E-state index in [0.29, 0.717) is 5.82 Å². The van der Waals surface area contributed by atoms with Crippen LogP contribution in [0.4, 0.5) is 0 Å². The van der Waals surface area contributed by atoms with Crippen LogP contribution in [0.2, 0.25) is 0 Å². The summed E-state index contributed by atoms with van der Waals surface area (Å²) in [7, 11) is 0. The van der Waals surface area contributed by atoms with Crippen LogP contribution in [-0.2, 0) is 10.8 Å². The van der Waals surface area contributed by atoms with Gasteiger partial charge in [0.05, 0.1) is 11.4 Å². The summed E-state index contributed by atoms with van der Waals surface area (Å²) in [6.07, 6.45) is 0. The zero-order chi connectivity index (χ0) is 43.2. The van der Waals surface area contributed by atoms with Crippen molar-refractivity contribution in [2.75, 3.05) is 0 Å². The highest BCUT2D eigenvalue weighted by Crippen LogP contribution is 2.54. The van der Waals surface area contributed by atoms with Gasteiger partial charge in [0.2, 0.25) is 0 Å². The second kappa shape index (κ2) is 14.4. The van der Waals surface area contributed by atoms with E-state index in [1.54, 1.807) is 0 Å². The average molecular weight is 819 g/mol. The van der Waals surface area contributed by atoms with E-state index >= 15 is 0 Å². The van der Waals surface area contributed by atoms with Crippen LogP contribution < -0.4 is 0 Å². The lowest BCUT2D eigenvalue weighted by molar-refractivity contribution is 0.661. The zero-order valence-corrected chi connectivity index (χ0v) is 36.5. The molecule has 0 saturated carbocycles. The van der Waals surface area contributed by atoms with Gasteiger partial charge in [0, 0.05) is 27.5 Å². The Morgan fingerprint density at radius 3 is 1.55 bits per heavy atom. The number of rotatable bonds is 6. The molecule has 0 aliphatic heterocycles. The maximum Gasteiger partial charge on any atom is 0.160 e. The first-order valence-corrected chi connectivity index (χ1v) is 22.4. The Hall–Kier alpha value is -7.68. The molecule has 0 bridgehead atoms. The van der Waals surface area contributed by atoms with Crippen LogP contribution in [0.3, 0.4) is 0 Å². The molecule has 1 heterocycles. The highest BCUT2D eigenvalue weighted by Gasteiger charge is 2.38. The van der Waals surface area contributed by atoms with E-state index < -0.39 is 0 Å². The minimum absolute atomic E-state index is 0.119. The molecule has 0 radical (unpaired) electrons. The molecule has 1 aromatic heterocycles. The molecule has 2 aliphatic carbocycles. The van der Waals surface area contributed by atoms with Crippen molar-refractivity contribution in [3.8, 4) is 89.5 Å². The van der Waals surface area contributed by atoms with Crippen molar-refractivity contribution in [1.29, 1.82) is 0 Å². The second-order valence-electron chi connectivity index (χ2n) is 18.6. The summed E-state index contributed by atoms with van der Waals surface area (Å²) in [6.45, 7) is 9.46. The van der Waals surface area contributed by atoms with Gasteiger partial charge in [-0.1, -0.05) is 198 Å². The Kier molecular flexibility index (Phi) is 8.58. The van der Waals surface area contributed by atoms with Gasteiger partial charge in [0.25, 0.3) is 0 Å². The first-order valence-electron chi connectivity index (χ1n) is 22.4. The highest BCUT2D eigenvalue weighted by molar-refractivity contribution is 5.99. The van der Waals surface area contributed by atoms with Crippen LogP contribution in [0.5, 0.6) is 0 Å². The minimum atomic E-state index is -0.168. The number of hydrogen-bond acceptors (Lipinski definition) is 2. The third-order valence-electron chi connectivity index (χ3n) is 14.1. The van der Waals surface area contributed by atoms with Gasteiger partial charge in [-0.25, -0.2) is 9.97 Å². The van der Waals surface area contributed by atoms with Crippen molar-refractivity contribution in [1.82, 2.24) is 9.97 Å².